The highest BCUT2D eigenvalue weighted by Gasteiger charge is 2.21. The van der Waals surface area contributed by atoms with Gasteiger partial charge in [-0.15, -0.1) is 0 Å². The van der Waals surface area contributed by atoms with E-state index in [0.29, 0.717) is 12.1 Å². The fraction of sp³-hybridized carbons (Fsp3) is 0.412. The van der Waals surface area contributed by atoms with Crippen LogP contribution in [0.4, 0.5) is 0 Å². The van der Waals surface area contributed by atoms with Gasteiger partial charge in [0.05, 0.1) is 17.3 Å². The second-order valence-electron chi connectivity index (χ2n) is 6.45. The highest BCUT2D eigenvalue weighted by molar-refractivity contribution is 5.95. The number of amides is 1. The number of hydrogen-bond donors (Lipinski definition) is 2. The minimum Gasteiger partial charge on any atom is -0.350 e. The largest absolute Gasteiger partial charge is 0.350 e. The second kappa shape index (κ2) is 6.32. The first kappa shape index (κ1) is 16.2. The number of carbonyl (C=O) groups is 1. The molecule has 1 aromatic heterocycles. The number of nitrogens with one attached hydrogen (secondary N) is 1. The molecule has 0 bridgehead atoms. The highest BCUT2D eigenvalue weighted by Crippen LogP contribution is 2.18. The van der Waals surface area contributed by atoms with E-state index in [-0.39, 0.29) is 17.5 Å². The summed E-state index contributed by atoms with van der Waals surface area (Å²) in [4.78, 5) is 12.3. The molecule has 0 aliphatic carbocycles. The Morgan fingerprint density at radius 2 is 1.95 bits per heavy atom. The van der Waals surface area contributed by atoms with Crippen molar-refractivity contribution in [3.8, 4) is 0 Å². The summed E-state index contributed by atoms with van der Waals surface area (Å²) >= 11 is 0. The average molecular weight is 300 g/mol. The van der Waals surface area contributed by atoms with E-state index in [0.717, 1.165) is 11.3 Å². The third-order valence-corrected chi connectivity index (χ3v) is 3.60. The van der Waals surface area contributed by atoms with Crippen molar-refractivity contribution >= 4 is 5.91 Å². The molecule has 5 nitrogen and oxygen atoms in total. The van der Waals surface area contributed by atoms with Crippen LogP contribution in [-0.2, 0) is 5.54 Å². The lowest BCUT2D eigenvalue weighted by Gasteiger charge is -2.21. The Hall–Kier alpha value is -2.14. The average Bonchev–Trinajstić information content (AvgIpc) is 2.87. The molecule has 2 rings (SSSR count). The minimum absolute atomic E-state index is 0.139. The molecule has 1 unspecified atom stereocenters. The summed E-state index contributed by atoms with van der Waals surface area (Å²) in [6.45, 7) is 8.47. The molecule has 0 aliphatic rings. The van der Waals surface area contributed by atoms with Crippen LogP contribution in [-0.4, -0.2) is 22.2 Å². The molecule has 0 saturated carbocycles. The van der Waals surface area contributed by atoms with E-state index in [4.69, 9.17) is 5.73 Å². The van der Waals surface area contributed by atoms with E-state index >= 15 is 0 Å². The van der Waals surface area contributed by atoms with Crippen LogP contribution in [0.15, 0.2) is 36.5 Å². The van der Waals surface area contributed by atoms with Crippen molar-refractivity contribution in [3.05, 3.63) is 53.3 Å². The zero-order valence-corrected chi connectivity index (χ0v) is 13.6. The van der Waals surface area contributed by atoms with Gasteiger partial charge in [0.1, 0.15) is 0 Å². The number of nitrogens with two attached hydrogens (primary N) is 1. The van der Waals surface area contributed by atoms with Gasteiger partial charge in [0.15, 0.2) is 0 Å². The number of benzene rings is 1. The normalized spacial score (nSPS) is 13.0. The number of nitrogens with zero attached hydrogens (tertiary/aromatic N) is 2. The van der Waals surface area contributed by atoms with Gasteiger partial charge in [-0.3, -0.25) is 9.48 Å². The minimum atomic E-state index is -0.219. The van der Waals surface area contributed by atoms with E-state index in [1.165, 1.54) is 0 Å². The third-order valence-electron chi connectivity index (χ3n) is 3.60. The summed E-state index contributed by atoms with van der Waals surface area (Å²) < 4.78 is 1.86. The molecule has 0 fully saturated rings. The lowest BCUT2D eigenvalue weighted by molar-refractivity contribution is 0.0950. The maximum absolute atomic E-state index is 12.3. The number of carbonyl (C=O) groups excluding carboxylic acids is 1. The molecule has 0 aliphatic heterocycles. The van der Waals surface area contributed by atoms with Gasteiger partial charge in [-0.2, -0.15) is 5.10 Å². The number of hydrogen-bond acceptors (Lipinski definition) is 3. The van der Waals surface area contributed by atoms with Crippen LogP contribution in [0.5, 0.6) is 0 Å². The van der Waals surface area contributed by atoms with Crippen LogP contribution in [0.1, 0.15) is 48.4 Å². The Morgan fingerprint density at radius 1 is 1.32 bits per heavy atom. The molecule has 5 heteroatoms. The van der Waals surface area contributed by atoms with Gasteiger partial charge in [0, 0.05) is 18.3 Å². The second-order valence-corrected chi connectivity index (χ2v) is 6.45. The monoisotopic (exact) mass is 300 g/mol. The van der Waals surface area contributed by atoms with Crippen molar-refractivity contribution in [2.75, 3.05) is 6.54 Å². The lowest BCUT2D eigenvalue weighted by atomic mass is 10.1. The molecule has 1 aromatic carbocycles. The zero-order valence-electron chi connectivity index (χ0n) is 13.6. The van der Waals surface area contributed by atoms with Crippen LogP contribution >= 0.6 is 0 Å². The number of aromatic nitrogens is 2. The molecule has 0 radical (unpaired) electrons. The van der Waals surface area contributed by atoms with E-state index in [9.17, 15) is 4.79 Å². The Labute approximate surface area is 131 Å². The maximum atomic E-state index is 12.3. The van der Waals surface area contributed by atoms with Crippen LogP contribution in [0, 0.1) is 6.92 Å². The highest BCUT2D eigenvalue weighted by atomic mass is 16.1. The smallest absolute Gasteiger partial charge is 0.254 e. The van der Waals surface area contributed by atoms with Crippen molar-refractivity contribution in [1.29, 1.82) is 0 Å². The molecule has 1 heterocycles. The molecule has 1 atom stereocenters. The quantitative estimate of drug-likeness (QED) is 0.910. The standard InChI is InChI=1S/C17H24N4O/c1-12-14(10-20-21(12)17(2,3)4)16(22)19-11-15(18)13-8-6-5-7-9-13/h5-10,15H,11,18H2,1-4H3,(H,19,22). The summed E-state index contributed by atoms with van der Waals surface area (Å²) in [5.41, 5.74) is 8.41. The predicted molar refractivity (Wildman–Crippen MR) is 87.7 cm³/mol. The number of rotatable bonds is 4. The van der Waals surface area contributed by atoms with Crippen LogP contribution in [0.3, 0.4) is 0 Å². The lowest BCUT2D eigenvalue weighted by Crippen LogP contribution is -2.32. The maximum Gasteiger partial charge on any atom is 0.254 e. The van der Waals surface area contributed by atoms with Gasteiger partial charge in [-0.25, -0.2) is 0 Å². The van der Waals surface area contributed by atoms with E-state index in [1.807, 2.05) is 41.9 Å². The summed E-state index contributed by atoms with van der Waals surface area (Å²) in [5.74, 6) is -0.139. The summed E-state index contributed by atoms with van der Waals surface area (Å²) in [6.07, 6.45) is 1.62. The first-order chi connectivity index (χ1) is 10.3. The topological polar surface area (TPSA) is 72.9 Å². The molecule has 22 heavy (non-hydrogen) atoms. The Morgan fingerprint density at radius 3 is 2.50 bits per heavy atom. The molecule has 0 spiro atoms. The fourth-order valence-electron chi connectivity index (χ4n) is 2.42. The molecular formula is C17H24N4O. The van der Waals surface area contributed by atoms with Crippen molar-refractivity contribution < 1.29 is 4.79 Å². The van der Waals surface area contributed by atoms with Gasteiger partial charge < -0.3 is 11.1 Å². The summed E-state index contributed by atoms with van der Waals surface area (Å²) in [6, 6.07) is 9.52. The molecule has 2 aromatic rings. The van der Waals surface area contributed by atoms with E-state index in [2.05, 4.69) is 31.2 Å². The Balaban J connectivity index is 2.03. The third kappa shape index (κ3) is 3.54. The molecule has 3 N–H and O–H groups in total. The van der Waals surface area contributed by atoms with Crippen molar-refractivity contribution in [2.24, 2.45) is 5.73 Å². The summed E-state index contributed by atoms with van der Waals surface area (Å²) in [5, 5.41) is 7.20. The van der Waals surface area contributed by atoms with E-state index in [1.54, 1.807) is 6.20 Å². The van der Waals surface area contributed by atoms with Gasteiger partial charge in [0.25, 0.3) is 5.91 Å². The van der Waals surface area contributed by atoms with E-state index < -0.39 is 0 Å². The Kier molecular flexibility index (Phi) is 4.66. The predicted octanol–water partition coefficient (Wildman–Crippen LogP) is 2.38. The van der Waals surface area contributed by atoms with Gasteiger partial charge in [-0.05, 0) is 33.3 Å². The Bertz CT molecular complexity index is 640. The fourth-order valence-corrected chi connectivity index (χ4v) is 2.42. The molecule has 0 saturated heterocycles. The first-order valence-electron chi connectivity index (χ1n) is 7.44. The van der Waals surface area contributed by atoms with Crippen molar-refractivity contribution in [3.63, 3.8) is 0 Å². The first-order valence-corrected chi connectivity index (χ1v) is 7.44. The molecule has 1 amide bonds. The zero-order chi connectivity index (χ0) is 16.3. The SMILES string of the molecule is Cc1c(C(=O)NCC(N)c2ccccc2)cnn1C(C)(C)C. The molecule has 118 valence electrons. The van der Waals surface area contributed by atoms with Crippen molar-refractivity contribution in [1.82, 2.24) is 15.1 Å². The van der Waals surface area contributed by atoms with Crippen LogP contribution in [0.25, 0.3) is 0 Å². The van der Waals surface area contributed by atoms with Gasteiger partial charge in [0.2, 0.25) is 0 Å². The van der Waals surface area contributed by atoms with Gasteiger partial charge >= 0.3 is 0 Å². The van der Waals surface area contributed by atoms with Crippen LogP contribution in [0.2, 0.25) is 0 Å². The van der Waals surface area contributed by atoms with Crippen molar-refractivity contribution in [2.45, 2.75) is 39.3 Å². The molecular weight excluding hydrogens is 276 g/mol. The van der Waals surface area contributed by atoms with Gasteiger partial charge in [-0.1, -0.05) is 30.3 Å². The summed E-state index contributed by atoms with van der Waals surface area (Å²) in [7, 11) is 0. The van der Waals surface area contributed by atoms with Crippen LogP contribution < -0.4 is 11.1 Å².